The second-order valence-electron chi connectivity index (χ2n) is 11.0. The minimum Gasteiger partial charge on any atom is -0.341 e. The summed E-state index contributed by atoms with van der Waals surface area (Å²) in [5.74, 6) is -0.175. The van der Waals surface area contributed by atoms with Crippen LogP contribution in [0.2, 0.25) is 0 Å². The number of likely N-dealkylation sites (tertiary alicyclic amines) is 3. The maximum absolute atomic E-state index is 13.7. The molecule has 0 saturated carbocycles. The average Bonchev–Trinajstić information content (AvgIpc) is 3.35. The normalized spacial score (nSPS) is 23.2. The minimum absolute atomic E-state index is 0.0147. The van der Waals surface area contributed by atoms with Crippen LogP contribution in [0.3, 0.4) is 0 Å². The molecule has 11 heteroatoms. The molecule has 3 aliphatic heterocycles. The summed E-state index contributed by atoms with van der Waals surface area (Å²) in [6, 6.07) is 3.55. The van der Waals surface area contributed by atoms with Crippen LogP contribution in [-0.4, -0.2) is 88.7 Å². The predicted octanol–water partition coefficient (Wildman–Crippen LogP) is 3.21. The number of nitrogens with zero attached hydrogens (tertiary/aromatic N) is 4. The first-order valence-electron chi connectivity index (χ1n) is 13.4. The molecule has 2 aromatic rings. The van der Waals surface area contributed by atoms with Crippen LogP contribution in [0.4, 0.5) is 9.80 Å². The maximum Gasteiger partial charge on any atom is 0.319 e. The van der Waals surface area contributed by atoms with Crippen molar-refractivity contribution in [1.82, 2.24) is 25.0 Å². The molecule has 3 fully saturated rings. The SMILES string of the molecule is CNC(=O)Nc1sc2nc(C)ccc2c1C(=O)N1CCC(N2CCCC3(CC(=O)N(C(C)C)C3=O)C2)CC1. The smallest absolute Gasteiger partial charge is 0.319 e. The third-order valence-electron chi connectivity index (χ3n) is 8.18. The lowest BCUT2D eigenvalue weighted by atomic mass is 9.77. The van der Waals surface area contributed by atoms with Gasteiger partial charge in [0, 0.05) is 56.3 Å². The summed E-state index contributed by atoms with van der Waals surface area (Å²) in [5, 5.41) is 6.60. The fraction of sp³-hybridized carbons (Fsp3) is 0.593. The summed E-state index contributed by atoms with van der Waals surface area (Å²) in [6.07, 6.45) is 3.56. The number of amides is 5. The molecular weight excluding hydrogens is 504 g/mol. The number of hydrogen-bond acceptors (Lipinski definition) is 7. The van der Waals surface area contributed by atoms with Gasteiger partial charge in [-0.05, 0) is 65.1 Å². The standard InChI is InChI=1S/C27H36N6O4S/c1-16(2)33-20(34)14-27(25(33)36)10-5-11-32(15-27)18-8-12-31(13-9-18)24(35)21-19-7-6-17(3)29-22(19)38-23(21)30-26(37)28-4/h6-7,16,18H,5,8-15H2,1-4H3,(H2,28,30,37). The summed E-state index contributed by atoms with van der Waals surface area (Å²) >= 11 is 1.31. The molecule has 0 bridgehead atoms. The van der Waals surface area contributed by atoms with E-state index in [-0.39, 0.29) is 35.8 Å². The van der Waals surface area contributed by atoms with Crippen molar-refractivity contribution in [3.63, 3.8) is 0 Å². The molecule has 2 N–H and O–H groups in total. The zero-order valence-corrected chi connectivity index (χ0v) is 23.3. The Labute approximate surface area is 226 Å². The number of aryl methyl sites for hydroxylation is 1. The molecule has 1 atom stereocenters. The van der Waals surface area contributed by atoms with Gasteiger partial charge in [-0.3, -0.25) is 29.5 Å². The Hall–Kier alpha value is -3.05. The number of fused-ring (bicyclic) bond motifs is 1. The highest BCUT2D eigenvalue weighted by Crippen LogP contribution is 2.43. The van der Waals surface area contributed by atoms with Crippen LogP contribution in [0, 0.1) is 12.3 Å². The molecule has 2 aromatic heterocycles. The number of imide groups is 1. The van der Waals surface area contributed by atoms with Crippen molar-refractivity contribution in [1.29, 1.82) is 0 Å². The van der Waals surface area contributed by atoms with Crippen LogP contribution in [0.1, 0.15) is 62.0 Å². The van der Waals surface area contributed by atoms with Crippen molar-refractivity contribution in [2.24, 2.45) is 5.41 Å². The van der Waals surface area contributed by atoms with Gasteiger partial charge in [-0.1, -0.05) is 11.3 Å². The highest BCUT2D eigenvalue weighted by molar-refractivity contribution is 7.23. The van der Waals surface area contributed by atoms with E-state index < -0.39 is 5.41 Å². The van der Waals surface area contributed by atoms with E-state index in [0.717, 1.165) is 48.1 Å². The molecule has 5 amide bonds. The number of thiophene rings is 1. The number of hydrogen-bond donors (Lipinski definition) is 2. The molecule has 204 valence electrons. The van der Waals surface area contributed by atoms with E-state index in [1.165, 1.54) is 23.3 Å². The van der Waals surface area contributed by atoms with Crippen LogP contribution in [-0.2, 0) is 9.59 Å². The van der Waals surface area contributed by atoms with Gasteiger partial charge in [-0.15, -0.1) is 0 Å². The lowest BCUT2D eigenvalue weighted by Crippen LogP contribution is -2.54. The zero-order valence-electron chi connectivity index (χ0n) is 22.5. The first kappa shape index (κ1) is 26.6. The Morgan fingerprint density at radius 2 is 1.89 bits per heavy atom. The molecule has 0 aromatic carbocycles. The Kier molecular flexibility index (Phi) is 7.17. The lowest BCUT2D eigenvalue weighted by Gasteiger charge is -2.45. The fourth-order valence-electron chi connectivity index (χ4n) is 6.27. The number of pyridine rings is 1. The molecule has 5 rings (SSSR count). The van der Waals surface area contributed by atoms with Gasteiger partial charge in [0.1, 0.15) is 9.83 Å². The summed E-state index contributed by atoms with van der Waals surface area (Å²) in [5.41, 5.74) is 0.733. The van der Waals surface area contributed by atoms with Crippen LogP contribution >= 0.6 is 11.3 Å². The predicted molar refractivity (Wildman–Crippen MR) is 146 cm³/mol. The number of piperidine rings is 2. The van der Waals surface area contributed by atoms with E-state index in [9.17, 15) is 19.2 Å². The van der Waals surface area contributed by atoms with Crippen LogP contribution < -0.4 is 10.6 Å². The van der Waals surface area contributed by atoms with Crippen molar-refractivity contribution >= 4 is 50.3 Å². The van der Waals surface area contributed by atoms with Crippen molar-refractivity contribution in [3.8, 4) is 0 Å². The monoisotopic (exact) mass is 540 g/mol. The highest BCUT2D eigenvalue weighted by Gasteiger charge is 2.54. The third kappa shape index (κ3) is 4.66. The molecule has 3 saturated heterocycles. The molecule has 38 heavy (non-hydrogen) atoms. The number of rotatable bonds is 4. The van der Waals surface area contributed by atoms with Crippen molar-refractivity contribution in [3.05, 3.63) is 23.4 Å². The van der Waals surface area contributed by atoms with Crippen LogP contribution in [0.25, 0.3) is 10.2 Å². The summed E-state index contributed by atoms with van der Waals surface area (Å²) in [4.78, 5) is 62.7. The lowest BCUT2D eigenvalue weighted by molar-refractivity contribution is -0.145. The summed E-state index contributed by atoms with van der Waals surface area (Å²) in [7, 11) is 1.54. The van der Waals surface area contributed by atoms with E-state index in [2.05, 4.69) is 20.5 Å². The largest absolute Gasteiger partial charge is 0.341 e. The molecule has 3 aliphatic rings. The first-order valence-corrected chi connectivity index (χ1v) is 14.2. The van der Waals surface area contributed by atoms with Crippen molar-refractivity contribution < 1.29 is 19.2 Å². The van der Waals surface area contributed by atoms with Gasteiger partial charge >= 0.3 is 6.03 Å². The molecule has 1 spiro atoms. The van der Waals surface area contributed by atoms with Crippen LogP contribution in [0.15, 0.2) is 12.1 Å². The van der Waals surface area contributed by atoms with Gasteiger partial charge in [0.05, 0.1) is 11.0 Å². The first-order chi connectivity index (χ1) is 18.1. The Morgan fingerprint density at radius 1 is 1.16 bits per heavy atom. The maximum atomic E-state index is 13.7. The second-order valence-corrected chi connectivity index (χ2v) is 12.0. The van der Waals surface area contributed by atoms with Gasteiger partial charge in [0.25, 0.3) is 5.91 Å². The number of carbonyl (C=O) groups excluding carboxylic acids is 4. The van der Waals surface area contributed by atoms with Gasteiger partial charge < -0.3 is 10.2 Å². The number of anilines is 1. The Balaban J connectivity index is 1.29. The second kappa shape index (κ2) is 10.3. The average molecular weight is 541 g/mol. The molecule has 1 unspecified atom stereocenters. The van der Waals surface area contributed by atoms with E-state index in [0.29, 0.717) is 36.6 Å². The minimum atomic E-state index is -0.603. The van der Waals surface area contributed by atoms with Gasteiger partial charge in [0.15, 0.2) is 0 Å². The topological polar surface area (TPSA) is 115 Å². The highest BCUT2D eigenvalue weighted by atomic mass is 32.1. The van der Waals surface area contributed by atoms with E-state index in [4.69, 9.17) is 0 Å². The summed E-state index contributed by atoms with van der Waals surface area (Å²) in [6.45, 7) is 8.39. The van der Waals surface area contributed by atoms with Gasteiger partial charge in [-0.25, -0.2) is 9.78 Å². The van der Waals surface area contributed by atoms with Crippen molar-refractivity contribution in [2.45, 2.75) is 65.0 Å². The third-order valence-corrected chi connectivity index (χ3v) is 9.20. The molecule has 0 aliphatic carbocycles. The molecule has 5 heterocycles. The van der Waals surface area contributed by atoms with Gasteiger partial charge in [-0.2, -0.15) is 0 Å². The van der Waals surface area contributed by atoms with E-state index in [1.807, 2.05) is 37.8 Å². The Bertz CT molecular complexity index is 1280. The van der Waals surface area contributed by atoms with Crippen LogP contribution in [0.5, 0.6) is 0 Å². The van der Waals surface area contributed by atoms with E-state index >= 15 is 0 Å². The Morgan fingerprint density at radius 3 is 2.55 bits per heavy atom. The number of aromatic nitrogens is 1. The quantitative estimate of drug-likeness (QED) is 0.576. The fourth-order valence-corrected chi connectivity index (χ4v) is 7.37. The molecular formula is C27H36N6O4S. The number of carbonyl (C=O) groups is 4. The number of nitrogens with one attached hydrogen (secondary N) is 2. The number of urea groups is 1. The molecule has 10 nitrogen and oxygen atoms in total. The zero-order chi connectivity index (χ0) is 27.2. The molecule has 0 radical (unpaired) electrons. The van der Waals surface area contributed by atoms with E-state index in [1.54, 1.807) is 0 Å². The summed E-state index contributed by atoms with van der Waals surface area (Å²) < 4.78 is 0. The van der Waals surface area contributed by atoms with Crippen molar-refractivity contribution in [2.75, 3.05) is 38.5 Å². The van der Waals surface area contributed by atoms with Gasteiger partial charge in [0.2, 0.25) is 11.8 Å².